The highest BCUT2D eigenvalue weighted by molar-refractivity contribution is 6.28. The van der Waals surface area contributed by atoms with E-state index in [0.717, 1.165) is 12.1 Å². The Hall–Kier alpha value is -0.830. The molecule has 1 aromatic heterocycles. The monoisotopic (exact) mass is 228 g/mol. The first kappa shape index (κ1) is 12.2. The second kappa shape index (κ2) is 5.31. The second-order valence-electron chi connectivity index (χ2n) is 4.17. The van der Waals surface area contributed by atoms with Gasteiger partial charge in [0.1, 0.15) is 0 Å². The van der Waals surface area contributed by atoms with Gasteiger partial charge in [0.15, 0.2) is 0 Å². The van der Waals surface area contributed by atoms with E-state index in [1.165, 1.54) is 0 Å². The highest BCUT2D eigenvalue weighted by Crippen LogP contribution is 2.16. The Labute approximate surface area is 95.8 Å². The van der Waals surface area contributed by atoms with E-state index in [0.29, 0.717) is 11.8 Å². The van der Waals surface area contributed by atoms with Crippen molar-refractivity contribution >= 4 is 11.6 Å². The highest BCUT2D eigenvalue weighted by Gasteiger charge is 2.08. The van der Waals surface area contributed by atoms with Crippen LogP contribution in [-0.2, 0) is 0 Å². The van der Waals surface area contributed by atoms with Crippen LogP contribution in [0, 0.1) is 12.8 Å². The Balaban J connectivity index is 2.63. The molecule has 0 saturated heterocycles. The summed E-state index contributed by atoms with van der Waals surface area (Å²) in [5.41, 5.74) is 0.821. The van der Waals surface area contributed by atoms with Gasteiger partial charge in [0, 0.05) is 11.8 Å². The molecule has 0 N–H and O–H groups in total. The number of aromatic nitrogens is 2. The van der Waals surface area contributed by atoms with Crippen LogP contribution in [0.15, 0.2) is 6.07 Å². The molecule has 0 aliphatic rings. The summed E-state index contributed by atoms with van der Waals surface area (Å²) in [5.74, 6) is 1.17. The van der Waals surface area contributed by atoms with E-state index >= 15 is 0 Å². The van der Waals surface area contributed by atoms with Crippen molar-refractivity contribution in [1.82, 2.24) is 9.97 Å². The molecule has 0 saturated carbocycles. The molecule has 1 atom stereocenters. The zero-order chi connectivity index (χ0) is 11.4. The normalized spacial score (nSPS) is 12.9. The van der Waals surface area contributed by atoms with Gasteiger partial charge in [0.2, 0.25) is 11.2 Å². The average molecular weight is 229 g/mol. The molecule has 4 heteroatoms. The maximum atomic E-state index is 5.74. The van der Waals surface area contributed by atoms with Gasteiger partial charge in [-0.25, -0.2) is 4.98 Å². The fourth-order valence-corrected chi connectivity index (χ4v) is 1.70. The van der Waals surface area contributed by atoms with Crippen molar-refractivity contribution in [3.8, 4) is 5.88 Å². The van der Waals surface area contributed by atoms with Gasteiger partial charge >= 0.3 is 0 Å². The van der Waals surface area contributed by atoms with Crippen LogP contribution in [0.3, 0.4) is 0 Å². The summed E-state index contributed by atoms with van der Waals surface area (Å²) in [6.07, 6.45) is 1.15. The predicted octanol–water partition coefficient (Wildman–Crippen LogP) is 3.25. The molecule has 84 valence electrons. The van der Waals surface area contributed by atoms with Gasteiger partial charge in [0.05, 0.1) is 6.10 Å². The summed E-state index contributed by atoms with van der Waals surface area (Å²) < 4.78 is 5.65. The van der Waals surface area contributed by atoms with Gasteiger partial charge in [-0.2, -0.15) is 4.98 Å². The van der Waals surface area contributed by atoms with E-state index in [-0.39, 0.29) is 11.4 Å². The number of halogens is 1. The molecule has 0 bridgehead atoms. The molecule has 0 aromatic carbocycles. The van der Waals surface area contributed by atoms with E-state index < -0.39 is 0 Å². The Morgan fingerprint density at radius 3 is 2.53 bits per heavy atom. The first-order valence-electron chi connectivity index (χ1n) is 5.15. The van der Waals surface area contributed by atoms with Crippen molar-refractivity contribution in [2.24, 2.45) is 5.92 Å². The smallest absolute Gasteiger partial charge is 0.225 e. The van der Waals surface area contributed by atoms with Gasteiger partial charge in [0.25, 0.3) is 0 Å². The summed E-state index contributed by atoms with van der Waals surface area (Å²) in [5, 5.41) is 0.238. The topological polar surface area (TPSA) is 35.0 Å². The Morgan fingerprint density at radius 1 is 1.33 bits per heavy atom. The minimum Gasteiger partial charge on any atom is -0.475 e. The lowest BCUT2D eigenvalue weighted by atomic mass is 10.1. The first-order valence-corrected chi connectivity index (χ1v) is 5.53. The lowest BCUT2D eigenvalue weighted by molar-refractivity contribution is 0.185. The molecule has 15 heavy (non-hydrogen) atoms. The second-order valence-corrected chi connectivity index (χ2v) is 4.51. The van der Waals surface area contributed by atoms with Crippen molar-refractivity contribution in [2.75, 3.05) is 0 Å². The molecule has 0 radical (unpaired) electrons. The van der Waals surface area contributed by atoms with Crippen LogP contribution in [-0.4, -0.2) is 16.1 Å². The summed E-state index contributed by atoms with van der Waals surface area (Å²) in [7, 11) is 0. The van der Waals surface area contributed by atoms with Crippen LogP contribution in [0.4, 0.5) is 0 Å². The third-order valence-electron chi connectivity index (χ3n) is 1.93. The van der Waals surface area contributed by atoms with E-state index in [9.17, 15) is 0 Å². The van der Waals surface area contributed by atoms with E-state index in [2.05, 4.69) is 23.8 Å². The van der Waals surface area contributed by atoms with Crippen molar-refractivity contribution in [2.45, 2.75) is 40.2 Å². The zero-order valence-electron chi connectivity index (χ0n) is 9.62. The summed E-state index contributed by atoms with van der Waals surface area (Å²) in [6.45, 7) is 8.23. The zero-order valence-corrected chi connectivity index (χ0v) is 10.4. The van der Waals surface area contributed by atoms with Gasteiger partial charge in [-0.05, 0) is 37.8 Å². The molecule has 3 nitrogen and oxygen atoms in total. The molecule has 0 aliphatic carbocycles. The maximum Gasteiger partial charge on any atom is 0.225 e. The fourth-order valence-electron chi connectivity index (χ4n) is 1.48. The van der Waals surface area contributed by atoms with E-state index in [1.54, 1.807) is 6.07 Å². The molecule has 1 aromatic rings. The summed E-state index contributed by atoms with van der Waals surface area (Å²) in [4.78, 5) is 7.99. The minimum atomic E-state index is 0.148. The quantitative estimate of drug-likeness (QED) is 0.742. The van der Waals surface area contributed by atoms with Gasteiger partial charge in [-0.15, -0.1) is 0 Å². The van der Waals surface area contributed by atoms with E-state index in [1.807, 2.05) is 13.8 Å². The highest BCUT2D eigenvalue weighted by atomic mass is 35.5. The van der Waals surface area contributed by atoms with Gasteiger partial charge in [-0.3, -0.25) is 0 Å². The molecule has 0 fully saturated rings. The summed E-state index contributed by atoms with van der Waals surface area (Å²) >= 11 is 5.74. The number of ether oxygens (including phenoxy) is 1. The van der Waals surface area contributed by atoms with Crippen molar-refractivity contribution in [3.05, 3.63) is 17.0 Å². The fraction of sp³-hybridized carbons (Fsp3) is 0.636. The Morgan fingerprint density at radius 2 is 2.00 bits per heavy atom. The van der Waals surface area contributed by atoms with Crippen molar-refractivity contribution in [1.29, 1.82) is 0 Å². The van der Waals surface area contributed by atoms with Gasteiger partial charge in [-0.1, -0.05) is 13.8 Å². The van der Waals surface area contributed by atoms with Crippen molar-refractivity contribution in [3.63, 3.8) is 0 Å². The standard InChI is InChI=1S/C11H17ClN2O/c1-7(2)5-9(4)15-10-6-8(3)13-11(12)14-10/h6-7,9H,5H2,1-4H3. The third kappa shape index (κ3) is 4.47. The Bertz CT molecular complexity index is 308. The van der Waals surface area contributed by atoms with Crippen LogP contribution in [0.2, 0.25) is 5.28 Å². The molecule has 1 heterocycles. The van der Waals surface area contributed by atoms with Crippen LogP contribution in [0.1, 0.15) is 32.9 Å². The largest absolute Gasteiger partial charge is 0.475 e. The van der Waals surface area contributed by atoms with Crippen LogP contribution in [0.25, 0.3) is 0 Å². The maximum absolute atomic E-state index is 5.74. The molecular formula is C11H17ClN2O. The number of hydrogen-bond acceptors (Lipinski definition) is 3. The average Bonchev–Trinajstić information content (AvgIpc) is 1.98. The molecule has 0 amide bonds. The SMILES string of the molecule is Cc1cc(OC(C)CC(C)C)nc(Cl)n1. The number of rotatable bonds is 4. The first-order chi connectivity index (χ1) is 6.97. The molecular weight excluding hydrogens is 212 g/mol. The van der Waals surface area contributed by atoms with Crippen LogP contribution >= 0.6 is 11.6 Å². The lowest BCUT2D eigenvalue weighted by Gasteiger charge is -2.15. The predicted molar refractivity (Wildman–Crippen MR) is 61.3 cm³/mol. The van der Waals surface area contributed by atoms with Crippen molar-refractivity contribution < 1.29 is 4.74 Å². The molecule has 1 rings (SSSR count). The number of aryl methyl sites for hydroxylation is 1. The van der Waals surface area contributed by atoms with E-state index in [4.69, 9.17) is 16.3 Å². The number of hydrogen-bond donors (Lipinski definition) is 0. The lowest BCUT2D eigenvalue weighted by Crippen LogP contribution is -2.15. The molecule has 1 unspecified atom stereocenters. The summed E-state index contributed by atoms with van der Waals surface area (Å²) in [6, 6.07) is 1.79. The van der Waals surface area contributed by atoms with Gasteiger partial charge < -0.3 is 4.74 Å². The van der Waals surface area contributed by atoms with Crippen LogP contribution in [0.5, 0.6) is 5.88 Å². The Kier molecular flexibility index (Phi) is 4.33. The number of nitrogens with zero attached hydrogens (tertiary/aromatic N) is 2. The van der Waals surface area contributed by atoms with Crippen LogP contribution < -0.4 is 4.74 Å². The molecule has 0 spiro atoms. The minimum absolute atomic E-state index is 0.148. The third-order valence-corrected chi connectivity index (χ3v) is 2.10. The molecule has 0 aliphatic heterocycles.